The van der Waals surface area contributed by atoms with Crippen LogP contribution in [-0.4, -0.2) is 53.8 Å². The van der Waals surface area contributed by atoms with Gasteiger partial charge in [0, 0.05) is 19.7 Å². The van der Waals surface area contributed by atoms with Crippen molar-refractivity contribution in [3.05, 3.63) is 0 Å². The lowest BCUT2D eigenvalue weighted by Gasteiger charge is -2.39. The predicted molar refractivity (Wildman–Crippen MR) is 73.5 cm³/mol. The first-order chi connectivity index (χ1) is 9.43. The van der Waals surface area contributed by atoms with Crippen molar-refractivity contribution in [2.75, 3.05) is 20.2 Å². The van der Waals surface area contributed by atoms with Crippen LogP contribution in [0.2, 0.25) is 0 Å². The predicted octanol–water partition coefficient (Wildman–Crippen LogP) is 1.45. The zero-order chi connectivity index (χ0) is 14.8. The third-order valence-corrected chi connectivity index (χ3v) is 4.55. The maximum absolute atomic E-state index is 12.2. The Morgan fingerprint density at radius 3 is 2.75 bits per heavy atom. The number of carbonyl (C=O) groups is 2. The molecule has 1 saturated heterocycles. The SMILES string of the molecule is COC1(C)CCCN(C(=O)NC2CCC(C(=O)O)C2)C1. The third-order valence-electron chi connectivity index (χ3n) is 4.55. The van der Waals surface area contributed by atoms with Gasteiger partial charge in [0.15, 0.2) is 0 Å². The number of piperidine rings is 1. The molecular formula is C14H24N2O4. The maximum Gasteiger partial charge on any atom is 0.317 e. The summed E-state index contributed by atoms with van der Waals surface area (Å²) in [6, 6.07) is -0.108. The van der Waals surface area contributed by atoms with Gasteiger partial charge in [-0.2, -0.15) is 0 Å². The Bertz CT molecular complexity index is 387. The molecule has 2 rings (SSSR count). The van der Waals surface area contributed by atoms with Crippen LogP contribution in [0.4, 0.5) is 4.79 Å². The zero-order valence-corrected chi connectivity index (χ0v) is 12.2. The summed E-state index contributed by atoms with van der Waals surface area (Å²) in [4.78, 5) is 24.9. The molecule has 6 nitrogen and oxygen atoms in total. The first-order valence-electron chi connectivity index (χ1n) is 7.27. The molecule has 20 heavy (non-hydrogen) atoms. The molecule has 0 aromatic heterocycles. The zero-order valence-electron chi connectivity index (χ0n) is 12.2. The van der Waals surface area contributed by atoms with Gasteiger partial charge in [-0.1, -0.05) is 0 Å². The van der Waals surface area contributed by atoms with Crippen LogP contribution >= 0.6 is 0 Å². The molecule has 114 valence electrons. The fraction of sp³-hybridized carbons (Fsp3) is 0.857. The van der Waals surface area contributed by atoms with Crippen LogP contribution in [0.15, 0.2) is 0 Å². The monoisotopic (exact) mass is 284 g/mol. The van der Waals surface area contributed by atoms with Gasteiger partial charge >= 0.3 is 12.0 Å². The number of rotatable bonds is 3. The molecule has 1 aliphatic heterocycles. The molecule has 1 saturated carbocycles. The molecule has 2 fully saturated rings. The average Bonchev–Trinajstić information content (AvgIpc) is 2.87. The van der Waals surface area contributed by atoms with E-state index in [1.807, 2.05) is 6.92 Å². The number of methoxy groups -OCH3 is 1. The van der Waals surface area contributed by atoms with E-state index in [4.69, 9.17) is 9.84 Å². The molecule has 6 heteroatoms. The van der Waals surface area contributed by atoms with Gasteiger partial charge in [-0.15, -0.1) is 0 Å². The lowest BCUT2D eigenvalue weighted by Crippen LogP contribution is -2.53. The van der Waals surface area contributed by atoms with E-state index >= 15 is 0 Å². The van der Waals surface area contributed by atoms with Crippen LogP contribution in [-0.2, 0) is 9.53 Å². The molecule has 0 bridgehead atoms. The first kappa shape index (κ1) is 15.1. The lowest BCUT2D eigenvalue weighted by molar-refractivity contribution is -0.141. The minimum Gasteiger partial charge on any atom is -0.481 e. The van der Waals surface area contributed by atoms with Crippen molar-refractivity contribution < 1.29 is 19.4 Å². The molecule has 1 heterocycles. The van der Waals surface area contributed by atoms with Gasteiger partial charge in [0.1, 0.15) is 0 Å². The van der Waals surface area contributed by atoms with Crippen molar-refractivity contribution in [1.82, 2.24) is 10.2 Å². The second-order valence-corrected chi connectivity index (χ2v) is 6.17. The molecule has 2 amide bonds. The van der Waals surface area contributed by atoms with Gasteiger partial charge in [0.2, 0.25) is 0 Å². The van der Waals surface area contributed by atoms with E-state index in [0.717, 1.165) is 25.8 Å². The number of aliphatic carboxylic acids is 1. The molecule has 3 unspecified atom stereocenters. The lowest BCUT2D eigenvalue weighted by atomic mass is 9.95. The van der Waals surface area contributed by atoms with E-state index in [1.165, 1.54) is 0 Å². The quantitative estimate of drug-likeness (QED) is 0.822. The number of nitrogens with one attached hydrogen (secondary N) is 1. The highest BCUT2D eigenvalue weighted by Crippen LogP contribution is 2.27. The number of carboxylic acids is 1. The Morgan fingerprint density at radius 1 is 1.40 bits per heavy atom. The molecule has 1 aliphatic carbocycles. The van der Waals surface area contributed by atoms with E-state index in [-0.39, 0.29) is 23.6 Å². The average molecular weight is 284 g/mol. The van der Waals surface area contributed by atoms with Gasteiger partial charge in [-0.3, -0.25) is 4.79 Å². The second kappa shape index (κ2) is 5.99. The van der Waals surface area contributed by atoms with E-state index in [2.05, 4.69) is 5.32 Å². The van der Waals surface area contributed by atoms with E-state index < -0.39 is 5.97 Å². The molecule has 3 atom stereocenters. The van der Waals surface area contributed by atoms with Crippen molar-refractivity contribution in [1.29, 1.82) is 0 Å². The van der Waals surface area contributed by atoms with E-state index in [0.29, 0.717) is 19.4 Å². The Hall–Kier alpha value is -1.30. The van der Waals surface area contributed by atoms with Crippen molar-refractivity contribution in [2.45, 2.75) is 50.7 Å². The minimum atomic E-state index is -0.758. The molecule has 0 spiro atoms. The van der Waals surface area contributed by atoms with Crippen molar-refractivity contribution in [2.24, 2.45) is 5.92 Å². The number of amides is 2. The highest BCUT2D eigenvalue weighted by atomic mass is 16.5. The Kier molecular flexibility index (Phi) is 4.52. The second-order valence-electron chi connectivity index (χ2n) is 6.17. The summed E-state index contributed by atoms with van der Waals surface area (Å²) in [6.45, 7) is 3.34. The first-order valence-corrected chi connectivity index (χ1v) is 7.27. The van der Waals surface area contributed by atoms with Crippen LogP contribution in [0.5, 0.6) is 0 Å². The Morgan fingerprint density at radius 2 is 2.15 bits per heavy atom. The summed E-state index contributed by atoms with van der Waals surface area (Å²) in [5.41, 5.74) is -0.269. The summed E-state index contributed by atoms with van der Waals surface area (Å²) >= 11 is 0. The summed E-state index contributed by atoms with van der Waals surface area (Å²) in [6.07, 6.45) is 3.82. The smallest absolute Gasteiger partial charge is 0.317 e. The van der Waals surface area contributed by atoms with Crippen LogP contribution in [0.3, 0.4) is 0 Å². The third kappa shape index (κ3) is 3.42. The maximum atomic E-state index is 12.2. The molecular weight excluding hydrogens is 260 g/mol. The largest absolute Gasteiger partial charge is 0.481 e. The number of ether oxygens (including phenoxy) is 1. The van der Waals surface area contributed by atoms with Crippen LogP contribution in [0.1, 0.15) is 39.0 Å². The molecule has 2 aliphatic rings. The number of hydrogen-bond donors (Lipinski definition) is 2. The van der Waals surface area contributed by atoms with Gasteiger partial charge in [0.25, 0.3) is 0 Å². The minimum absolute atomic E-state index is 0.0145. The summed E-state index contributed by atoms with van der Waals surface area (Å²) in [7, 11) is 1.68. The van der Waals surface area contributed by atoms with Crippen molar-refractivity contribution >= 4 is 12.0 Å². The Labute approximate surface area is 119 Å². The van der Waals surface area contributed by atoms with Crippen molar-refractivity contribution in [3.63, 3.8) is 0 Å². The summed E-state index contributed by atoms with van der Waals surface area (Å²) < 4.78 is 5.48. The number of hydrogen-bond acceptors (Lipinski definition) is 3. The van der Waals surface area contributed by atoms with Gasteiger partial charge in [-0.25, -0.2) is 4.79 Å². The molecule has 0 aromatic carbocycles. The molecule has 2 N–H and O–H groups in total. The van der Waals surface area contributed by atoms with Crippen LogP contribution in [0, 0.1) is 5.92 Å². The fourth-order valence-electron chi connectivity index (χ4n) is 3.15. The number of nitrogens with zero attached hydrogens (tertiary/aromatic N) is 1. The summed E-state index contributed by atoms with van der Waals surface area (Å²) in [5, 5.41) is 11.9. The molecule has 0 radical (unpaired) electrons. The standard InChI is InChI=1S/C14H24N2O4/c1-14(20-2)6-3-7-16(9-14)13(19)15-11-5-4-10(8-11)12(17)18/h10-11H,3-9H2,1-2H3,(H,15,19)(H,17,18). The van der Waals surface area contributed by atoms with E-state index in [9.17, 15) is 9.59 Å². The molecule has 0 aromatic rings. The normalized spacial score (nSPS) is 34.0. The van der Waals surface area contributed by atoms with Gasteiger partial charge in [-0.05, 0) is 39.0 Å². The number of carbonyl (C=O) groups excluding carboxylic acids is 1. The van der Waals surface area contributed by atoms with Crippen LogP contribution in [0.25, 0.3) is 0 Å². The number of carboxylic acid groups (broad SMARTS) is 1. The number of likely N-dealkylation sites (tertiary alicyclic amines) is 1. The Balaban J connectivity index is 1.85. The summed E-state index contributed by atoms with van der Waals surface area (Å²) in [5.74, 6) is -1.07. The van der Waals surface area contributed by atoms with E-state index in [1.54, 1.807) is 12.0 Å². The highest BCUT2D eigenvalue weighted by molar-refractivity contribution is 5.75. The number of urea groups is 1. The van der Waals surface area contributed by atoms with Crippen molar-refractivity contribution in [3.8, 4) is 0 Å². The van der Waals surface area contributed by atoms with Gasteiger partial charge in [0.05, 0.1) is 18.1 Å². The topological polar surface area (TPSA) is 78.9 Å². The highest BCUT2D eigenvalue weighted by Gasteiger charge is 2.35. The van der Waals surface area contributed by atoms with Crippen LogP contribution < -0.4 is 5.32 Å². The fourth-order valence-corrected chi connectivity index (χ4v) is 3.15. The van der Waals surface area contributed by atoms with Gasteiger partial charge < -0.3 is 20.1 Å².